The number of hydrogen-bond donors (Lipinski definition) is 2. The van der Waals surface area contributed by atoms with Crippen LogP contribution in [0.2, 0.25) is 0 Å². The molecule has 3 N–H and O–H groups in total. The van der Waals surface area contributed by atoms with Crippen LogP contribution >= 0.6 is 0 Å². The molecule has 2 aromatic rings. The van der Waals surface area contributed by atoms with Crippen LogP contribution in [0, 0.1) is 0 Å². The van der Waals surface area contributed by atoms with E-state index < -0.39 is 5.97 Å². The maximum Gasteiger partial charge on any atom is 0.337 e. The van der Waals surface area contributed by atoms with Gasteiger partial charge in [0.25, 0.3) is 0 Å². The van der Waals surface area contributed by atoms with Gasteiger partial charge in [-0.3, -0.25) is 0 Å². The molecule has 2 aromatic carbocycles. The van der Waals surface area contributed by atoms with Crippen molar-refractivity contribution in [2.45, 2.75) is 6.42 Å². The van der Waals surface area contributed by atoms with Crippen molar-refractivity contribution in [2.24, 2.45) is 16.0 Å². The minimum atomic E-state index is -1.02. The van der Waals surface area contributed by atoms with Crippen molar-refractivity contribution in [2.75, 3.05) is 25.0 Å². The lowest BCUT2D eigenvalue weighted by atomic mass is 10.2. The quantitative estimate of drug-likeness (QED) is 0.764. The second-order valence-corrected chi connectivity index (χ2v) is 5.10. The Labute approximate surface area is 135 Å². The average Bonchev–Trinajstić information content (AvgIpc) is 2.58. The Morgan fingerprint density at radius 3 is 2.48 bits per heavy atom. The van der Waals surface area contributed by atoms with Crippen molar-refractivity contribution in [3.05, 3.63) is 54.1 Å². The number of anilines is 1. The molecule has 120 valence electrons. The maximum atomic E-state index is 11.1. The lowest BCUT2D eigenvalue weighted by molar-refractivity contribution is 0.0698. The van der Waals surface area contributed by atoms with Gasteiger partial charge in [0.05, 0.1) is 11.3 Å². The van der Waals surface area contributed by atoms with Crippen LogP contribution in [0.5, 0.6) is 0 Å². The van der Waals surface area contributed by atoms with Crippen molar-refractivity contribution in [1.82, 2.24) is 0 Å². The summed E-state index contributed by atoms with van der Waals surface area (Å²) < 4.78 is 0. The number of hydrogen-bond acceptors (Lipinski definition) is 5. The maximum absolute atomic E-state index is 11.1. The highest BCUT2D eigenvalue weighted by Crippen LogP contribution is 2.24. The molecule has 0 saturated heterocycles. The lowest BCUT2D eigenvalue weighted by Crippen LogP contribution is -2.20. The summed E-state index contributed by atoms with van der Waals surface area (Å²) in [5.41, 5.74) is 7.72. The monoisotopic (exact) mass is 312 g/mol. The number of benzene rings is 2. The third-order valence-electron chi connectivity index (χ3n) is 3.40. The number of aromatic carboxylic acids is 1. The first-order valence-electron chi connectivity index (χ1n) is 7.37. The van der Waals surface area contributed by atoms with Crippen molar-refractivity contribution >= 4 is 23.0 Å². The van der Waals surface area contributed by atoms with Crippen molar-refractivity contribution in [3.8, 4) is 0 Å². The minimum absolute atomic E-state index is 0.134. The summed E-state index contributed by atoms with van der Waals surface area (Å²) in [5, 5.41) is 17.3. The van der Waals surface area contributed by atoms with E-state index in [1.165, 1.54) is 6.07 Å². The lowest BCUT2D eigenvalue weighted by Gasteiger charge is -2.18. The van der Waals surface area contributed by atoms with Gasteiger partial charge in [-0.2, -0.15) is 5.11 Å². The Balaban J connectivity index is 2.11. The fourth-order valence-corrected chi connectivity index (χ4v) is 2.08. The number of carboxylic acid groups (broad SMARTS) is 1. The van der Waals surface area contributed by atoms with Crippen LogP contribution in [0.25, 0.3) is 0 Å². The van der Waals surface area contributed by atoms with Gasteiger partial charge in [-0.25, -0.2) is 4.79 Å². The molecular weight excluding hydrogens is 292 g/mol. The third kappa shape index (κ3) is 4.62. The number of azo groups is 1. The van der Waals surface area contributed by atoms with E-state index in [4.69, 9.17) is 10.8 Å². The summed E-state index contributed by atoms with van der Waals surface area (Å²) >= 11 is 0. The van der Waals surface area contributed by atoms with Gasteiger partial charge in [0.2, 0.25) is 0 Å². The van der Waals surface area contributed by atoms with Crippen LogP contribution in [0.1, 0.15) is 16.8 Å². The first-order valence-corrected chi connectivity index (χ1v) is 7.37. The molecule has 0 bridgehead atoms. The van der Waals surface area contributed by atoms with Gasteiger partial charge in [-0.1, -0.05) is 12.1 Å². The molecule has 0 heterocycles. The molecule has 2 rings (SSSR count). The molecular formula is C17H20N4O2. The van der Waals surface area contributed by atoms with Gasteiger partial charge < -0.3 is 15.7 Å². The molecule has 0 aromatic heterocycles. The predicted octanol–water partition coefficient (Wildman–Crippen LogP) is 3.59. The van der Waals surface area contributed by atoms with E-state index in [1.54, 1.807) is 18.2 Å². The van der Waals surface area contributed by atoms with Crippen LogP contribution in [-0.2, 0) is 0 Å². The van der Waals surface area contributed by atoms with Gasteiger partial charge in [0.1, 0.15) is 5.69 Å². The van der Waals surface area contributed by atoms with Gasteiger partial charge >= 0.3 is 5.97 Å². The smallest absolute Gasteiger partial charge is 0.337 e. The van der Waals surface area contributed by atoms with E-state index in [2.05, 4.69) is 15.1 Å². The molecule has 0 radical (unpaired) electrons. The Morgan fingerprint density at radius 1 is 1.13 bits per heavy atom. The van der Waals surface area contributed by atoms with Gasteiger partial charge in [-0.15, -0.1) is 5.11 Å². The van der Waals surface area contributed by atoms with E-state index >= 15 is 0 Å². The first-order chi connectivity index (χ1) is 11.1. The molecule has 0 amide bonds. The highest BCUT2D eigenvalue weighted by atomic mass is 16.4. The average molecular weight is 312 g/mol. The van der Waals surface area contributed by atoms with Crippen molar-refractivity contribution < 1.29 is 9.90 Å². The number of carboxylic acids is 1. The number of rotatable bonds is 7. The van der Waals surface area contributed by atoms with Crippen LogP contribution in [0.15, 0.2) is 58.8 Å². The highest BCUT2D eigenvalue weighted by molar-refractivity contribution is 5.93. The van der Waals surface area contributed by atoms with Crippen molar-refractivity contribution in [1.29, 1.82) is 0 Å². The number of nitrogens with two attached hydrogens (primary N) is 1. The molecule has 0 aliphatic heterocycles. The minimum Gasteiger partial charge on any atom is -0.478 e. The standard InChI is InChI=1S/C17H20N4O2/c1-21(12-4-11-18)14-9-7-13(8-10-14)19-20-16-6-3-2-5-15(16)17(22)23/h2-3,5-10H,4,11-12,18H2,1H3,(H,22,23). The summed E-state index contributed by atoms with van der Waals surface area (Å²) in [4.78, 5) is 13.2. The molecule has 0 spiro atoms. The zero-order chi connectivity index (χ0) is 16.7. The third-order valence-corrected chi connectivity index (χ3v) is 3.40. The Bertz CT molecular complexity index is 683. The van der Waals surface area contributed by atoms with Crippen LogP contribution < -0.4 is 10.6 Å². The second-order valence-electron chi connectivity index (χ2n) is 5.10. The van der Waals surface area contributed by atoms with E-state index in [-0.39, 0.29) is 5.56 Å². The topological polar surface area (TPSA) is 91.3 Å². The molecule has 0 fully saturated rings. The summed E-state index contributed by atoms with van der Waals surface area (Å²) in [7, 11) is 2.01. The molecule has 0 unspecified atom stereocenters. The molecule has 0 aliphatic carbocycles. The molecule has 0 atom stereocenters. The zero-order valence-corrected chi connectivity index (χ0v) is 13.0. The largest absolute Gasteiger partial charge is 0.478 e. The molecule has 6 heteroatoms. The van der Waals surface area contributed by atoms with E-state index in [0.717, 1.165) is 18.7 Å². The van der Waals surface area contributed by atoms with Gasteiger partial charge in [0.15, 0.2) is 0 Å². The number of carbonyl (C=O) groups is 1. The molecule has 6 nitrogen and oxygen atoms in total. The van der Waals surface area contributed by atoms with Crippen LogP contribution in [-0.4, -0.2) is 31.2 Å². The van der Waals surface area contributed by atoms with E-state index in [0.29, 0.717) is 17.9 Å². The summed E-state index contributed by atoms with van der Waals surface area (Å²) in [6.07, 6.45) is 0.934. The fraction of sp³-hybridized carbons (Fsp3) is 0.235. The van der Waals surface area contributed by atoms with E-state index in [9.17, 15) is 4.79 Å². The first kappa shape index (κ1) is 16.6. The Kier molecular flexibility index (Phi) is 5.82. The summed E-state index contributed by atoms with van der Waals surface area (Å²) in [5.74, 6) is -1.02. The molecule has 0 saturated carbocycles. The van der Waals surface area contributed by atoms with Crippen LogP contribution in [0.3, 0.4) is 0 Å². The van der Waals surface area contributed by atoms with Crippen LogP contribution in [0.4, 0.5) is 17.1 Å². The van der Waals surface area contributed by atoms with Crippen molar-refractivity contribution in [3.63, 3.8) is 0 Å². The van der Waals surface area contributed by atoms with Gasteiger partial charge in [-0.05, 0) is 49.4 Å². The molecule has 0 aliphatic rings. The number of nitrogens with zero attached hydrogens (tertiary/aromatic N) is 3. The SMILES string of the molecule is CN(CCCN)c1ccc(N=Nc2ccccc2C(=O)O)cc1. The predicted molar refractivity (Wildman–Crippen MR) is 91.0 cm³/mol. The molecule has 23 heavy (non-hydrogen) atoms. The highest BCUT2D eigenvalue weighted by Gasteiger charge is 2.08. The summed E-state index contributed by atoms with van der Waals surface area (Å²) in [6.45, 7) is 1.56. The Hall–Kier alpha value is -2.73. The van der Waals surface area contributed by atoms with Gasteiger partial charge in [0, 0.05) is 19.3 Å². The zero-order valence-electron chi connectivity index (χ0n) is 13.0. The van der Waals surface area contributed by atoms with E-state index in [1.807, 2.05) is 31.3 Å². The Morgan fingerprint density at radius 2 is 1.83 bits per heavy atom. The summed E-state index contributed by atoms with van der Waals surface area (Å²) in [6, 6.07) is 14.1. The normalized spacial score (nSPS) is 10.9. The second kappa shape index (κ2) is 8.05. The fourth-order valence-electron chi connectivity index (χ4n) is 2.08.